The zero-order valence-corrected chi connectivity index (χ0v) is 6.84. The van der Waals surface area contributed by atoms with E-state index in [1.165, 1.54) is 0 Å². The third-order valence-electron chi connectivity index (χ3n) is 2.10. The van der Waals surface area contributed by atoms with E-state index in [0.717, 1.165) is 25.8 Å². The monoisotopic (exact) mass is 151 g/mol. The highest BCUT2D eigenvalue weighted by molar-refractivity contribution is 5.74. The number of carbonyl (C=O) groups excluding carboxylic acids is 1. The average Bonchev–Trinajstić information content (AvgIpc) is 2.04. The van der Waals surface area contributed by atoms with Gasteiger partial charge in [0.15, 0.2) is 0 Å². The van der Waals surface area contributed by atoms with E-state index in [9.17, 15) is 4.79 Å². The Morgan fingerprint density at radius 1 is 1.64 bits per heavy atom. The molecule has 1 rings (SSSR count). The van der Waals surface area contributed by atoms with Crippen molar-refractivity contribution >= 4 is 5.91 Å². The molecule has 0 aromatic rings. The van der Waals surface area contributed by atoms with Crippen molar-refractivity contribution in [3.05, 3.63) is 0 Å². The third-order valence-corrected chi connectivity index (χ3v) is 2.10. The van der Waals surface area contributed by atoms with Crippen LogP contribution in [0.2, 0.25) is 0 Å². The number of hydrogen-bond donors (Lipinski definition) is 0. The normalized spacial score (nSPS) is 24.4. The van der Waals surface area contributed by atoms with Gasteiger partial charge in [-0.1, -0.05) is 5.92 Å². The van der Waals surface area contributed by atoms with Gasteiger partial charge in [0.2, 0.25) is 5.91 Å². The van der Waals surface area contributed by atoms with Crippen molar-refractivity contribution in [3.8, 4) is 12.3 Å². The molecule has 1 heterocycles. The van der Waals surface area contributed by atoms with Gasteiger partial charge in [-0.3, -0.25) is 4.79 Å². The van der Waals surface area contributed by atoms with E-state index in [-0.39, 0.29) is 11.9 Å². The van der Waals surface area contributed by atoms with Crippen LogP contribution in [-0.4, -0.2) is 23.4 Å². The van der Waals surface area contributed by atoms with E-state index < -0.39 is 0 Å². The predicted molar refractivity (Wildman–Crippen MR) is 43.9 cm³/mol. The molecule has 1 saturated heterocycles. The average molecular weight is 151 g/mol. The highest BCUT2D eigenvalue weighted by atomic mass is 16.2. The maximum atomic E-state index is 11.0. The summed E-state index contributed by atoms with van der Waals surface area (Å²) in [6.45, 7) is 2.42. The highest BCUT2D eigenvalue weighted by Crippen LogP contribution is 2.15. The molecule has 0 aromatic heterocycles. The topological polar surface area (TPSA) is 20.3 Å². The van der Waals surface area contributed by atoms with Crippen molar-refractivity contribution in [1.82, 2.24) is 4.90 Å². The van der Waals surface area contributed by atoms with Crippen molar-refractivity contribution < 1.29 is 4.79 Å². The lowest BCUT2D eigenvalue weighted by molar-refractivity contribution is -0.131. The van der Waals surface area contributed by atoms with E-state index in [0.29, 0.717) is 0 Å². The highest BCUT2D eigenvalue weighted by Gasteiger charge is 2.21. The molecule has 2 nitrogen and oxygen atoms in total. The van der Waals surface area contributed by atoms with Crippen molar-refractivity contribution in [2.45, 2.75) is 32.2 Å². The first-order valence-corrected chi connectivity index (χ1v) is 3.99. The van der Waals surface area contributed by atoms with Gasteiger partial charge in [0.05, 0.1) is 6.04 Å². The van der Waals surface area contributed by atoms with Gasteiger partial charge in [-0.05, 0) is 19.3 Å². The van der Waals surface area contributed by atoms with Crippen LogP contribution in [0.25, 0.3) is 0 Å². The number of piperidine rings is 1. The number of likely N-dealkylation sites (tertiary alicyclic amines) is 1. The molecule has 1 fully saturated rings. The largest absolute Gasteiger partial charge is 0.329 e. The number of rotatable bonds is 0. The molecule has 0 spiro atoms. The second-order valence-corrected chi connectivity index (χ2v) is 2.89. The van der Waals surface area contributed by atoms with E-state index >= 15 is 0 Å². The summed E-state index contributed by atoms with van der Waals surface area (Å²) in [6, 6.07) is 0.0567. The first kappa shape index (κ1) is 8.13. The molecular formula is C9H13NO. The summed E-state index contributed by atoms with van der Waals surface area (Å²) >= 11 is 0. The Bertz CT molecular complexity index is 192. The van der Waals surface area contributed by atoms with Crippen LogP contribution in [0.5, 0.6) is 0 Å². The molecule has 0 aliphatic carbocycles. The Balaban J connectivity index is 2.60. The molecule has 0 saturated carbocycles. The van der Waals surface area contributed by atoms with E-state index in [1.54, 1.807) is 11.8 Å². The number of hydrogen-bond acceptors (Lipinski definition) is 1. The first-order valence-electron chi connectivity index (χ1n) is 3.99. The van der Waals surface area contributed by atoms with Crippen LogP contribution in [0.4, 0.5) is 0 Å². The fourth-order valence-electron chi connectivity index (χ4n) is 1.48. The minimum Gasteiger partial charge on any atom is -0.329 e. The van der Waals surface area contributed by atoms with Crippen molar-refractivity contribution in [1.29, 1.82) is 0 Å². The smallest absolute Gasteiger partial charge is 0.220 e. The van der Waals surface area contributed by atoms with Crippen molar-refractivity contribution in [2.75, 3.05) is 6.54 Å². The summed E-state index contributed by atoms with van der Waals surface area (Å²) in [6.07, 6.45) is 8.50. The fourth-order valence-corrected chi connectivity index (χ4v) is 1.48. The van der Waals surface area contributed by atoms with Crippen molar-refractivity contribution in [3.63, 3.8) is 0 Å². The molecule has 11 heavy (non-hydrogen) atoms. The van der Waals surface area contributed by atoms with E-state index in [2.05, 4.69) is 5.92 Å². The molecule has 0 aromatic carbocycles. The summed E-state index contributed by atoms with van der Waals surface area (Å²) < 4.78 is 0. The van der Waals surface area contributed by atoms with E-state index in [4.69, 9.17) is 6.42 Å². The van der Waals surface area contributed by atoms with Gasteiger partial charge < -0.3 is 4.90 Å². The summed E-state index contributed by atoms with van der Waals surface area (Å²) in [5, 5.41) is 0. The lowest BCUT2D eigenvalue weighted by Gasteiger charge is -2.31. The Morgan fingerprint density at radius 3 is 2.82 bits per heavy atom. The number of terminal acetylenes is 1. The Labute approximate surface area is 67.6 Å². The summed E-state index contributed by atoms with van der Waals surface area (Å²) in [5.41, 5.74) is 0. The summed E-state index contributed by atoms with van der Waals surface area (Å²) in [4.78, 5) is 12.8. The molecule has 60 valence electrons. The van der Waals surface area contributed by atoms with Crippen molar-refractivity contribution in [2.24, 2.45) is 0 Å². The Morgan fingerprint density at radius 2 is 2.36 bits per heavy atom. The van der Waals surface area contributed by atoms with Gasteiger partial charge in [-0.25, -0.2) is 0 Å². The first-order chi connectivity index (χ1) is 5.25. The van der Waals surface area contributed by atoms with Gasteiger partial charge >= 0.3 is 0 Å². The molecule has 2 heteroatoms. The lowest BCUT2D eigenvalue weighted by Crippen LogP contribution is -2.41. The molecule has 1 atom stereocenters. The second-order valence-electron chi connectivity index (χ2n) is 2.89. The number of carbonyl (C=O) groups is 1. The molecule has 1 amide bonds. The lowest BCUT2D eigenvalue weighted by atomic mass is 10.0. The van der Waals surface area contributed by atoms with Crippen LogP contribution < -0.4 is 0 Å². The molecule has 0 unspecified atom stereocenters. The molecule has 1 aliphatic rings. The standard InChI is InChI=1S/C9H13NO/c1-3-9-6-4-5-7-10(9)8(2)11/h1,9H,4-7H2,2H3/t9-/m0/s1. The van der Waals surface area contributed by atoms with Crippen LogP contribution in [0.3, 0.4) is 0 Å². The van der Waals surface area contributed by atoms with Crippen LogP contribution in [-0.2, 0) is 4.79 Å². The molecule has 0 bridgehead atoms. The number of amides is 1. The molecule has 0 N–H and O–H groups in total. The Hall–Kier alpha value is -0.970. The molecular weight excluding hydrogens is 138 g/mol. The fraction of sp³-hybridized carbons (Fsp3) is 0.667. The predicted octanol–water partition coefficient (Wildman–Crippen LogP) is 1.02. The molecule has 1 aliphatic heterocycles. The van der Waals surface area contributed by atoms with Gasteiger partial charge in [0.1, 0.15) is 0 Å². The summed E-state index contributed by atoms with van der Waals surface area (Å²) in [5.74, 6) is 2.74. The minimum atomic E-state index is 0.0567. The van der Waals surface area contributed by atoms with Gasteiger partial charge in [-0.2, -0.15) is 0 Å². The summed E-state index contributed by atoms with van der Waals surface area (Å²) in [7, 11) is 0. The second kappa shape index (κ2) is 3.43. The maximum Gasteiger partial charge on any atom is 0.220 e. The van der Waals surface area contributed by atoms with Crippen LogP contribution in [0, 0.1) is 12.3 Å². The van der Waals surface area contributed by atoms with Gasteiger partial charge in [-0.15, -0.1) is 6.42 Å². The van der Waals surface area contributed by atoms with Crippen LogP contribution in [0.1, 0.15) is 26.2 Å². The van der Waals surface area contributed by atoms with E-state index in [1.807, 2.05) is 0 Å². The third kappa shape index (κ3) is 1.74. The van der Waals surface area contributed by atoms with Crippen LogP contribution >= 0.6 is 0 Å². The maximum absolute atomic E-state index is 11.0. The SMILES string of the molecule is C#C[C@H]1CCCCN1C(C)=O. The zero-order valence-electron chi connectivity index (χ0n) is 6.84. The van der Waals surface area contributed by atoms with Gasteiger partial charge in [0, 0.05) is 13.5 Å². The zero-order chi connectivity index (χ0) is 8.27. The van der Waals surface area contributed by atoms with Gasteiger partial charge in [0.25, 0.3) is 0 Å². The Kier molecular flexibility index (Phi) is 2.53. The molecule has 0 radical (unpaired) electrons. The quantitative estimate of drug-likeness (QED) is 0.473. The number of nitrogens with zero attached hydrogens (tertiary/aromatic N) is 1. The minimum absolute atomic E-state index is 0.0567. The van der Waals surface area contributed by atoms with Crippen LogP contribution in [0.15, 0.2) is 0 Å².